The molecule has 5 nitrogen and oxygen atoms in total. The lowest BCUT2D eigenvalue weighted by atomic mass is 10.3. The Hall–Kier alpha value is -1.33. The number of hydrogen-bond donors (Lipinski definition) is 2. The summed E-state index contributed by atoms with van der Waals surface area (Å²) in [6.07, 6.45) is 2.69. The van der Waals surface area contributed by atoms with Crippen molar-refractivity contribution in [2.24, 2.45) is 5.73 Å². The molecular formula is C12H21N3O2. The predicted octanol–water partition coefficient (Wildman–Crippen LogP) is 1.26. The summed E-state index contributed by atoms with van der Waals surface area (Å²) in [5, 5.41) is 3.22. The van der Waals surface area contributed by atoms with Crippen LogP contribution >= 0.6 is 0 Å². The lowest BCUT2D eigenvalue weighted by molar-refractivity contribution is 0.187. The molecule has 0 saturated heterocycles. The number of hydrogen-bond acceptors (Lipinski definition) is 5. The third-order valence-electron chi connectivity index (χ3n) is 2.23. The molecule has 5 heteroatoms. The van der Waals surface area contributed by atoms with Gasteiger partial charge < -0.3 is 20.5 Å². The van der Waals surface area contributed by atoms with Crippen molar-refractivity contribution in [3.63, 3.8) is 0 Å². The molecule has 17 heavy (non-hydrogen) atoms. The minimum absolute atomic E-state index is 0.0406. The van der Waals surface area contributed by atoms with E-state index in [9.17, 15) is 0 Å². The van der Waals surface area contributed by atoms with Crippen LogP contribution in [-0.2, 0) is 4.74 Å². The second-order valence-electron chi connectivity index (χ2n) is 3.73. The van der Waals surface area contributed by atoms with E-state index in [1.807, 2.05) is 12.1 Å². The van der Waals surface area contributed by atoms with Crippen molar-refractivity contribution in [2.45, 2.75) is 19.4 Å². The zero-order valence-electron chi connectivity index (χ0n) is 10.5. The average molecular weight is 239 g/mol. The van der Waals surface area contributed by atoms with Gasteiger partial charge in [-0.15, -0.1) is 0 Å². The molecule has 0 saturated carbocycles. The first-order valence-electron chi connectivity index (χ1n) is 5.85. The Balaban J connectivity index is 2.67. The Bertz CT molecular complexity index is 320. The summed E-state index contributed by atoms with van der Waals surface area (Å²) in [5.74, 6) is 1.47. The van der Waals surface area contributed by atoms with Gasteiger partial charge in [0, 0.05) is 19.9 Å². The minimum atomic E-state index is 0.0406. The molecule has 0 amide bonds. The highest BCUT2D eigenvalue weighted by Crippen LogP contribution is 2.21. The van der Waals surface area contributed by atoms with Gasteiger partial charge in [-0.2, -0.15) is 0 Å². The highest BCUT2D eigenvalue weighted by molar-refractivity contribution is 5.50. The molecule has 3 N–H and O–H groups in total. The third kappa shape index (κ3) is 4.58. The van der Waals surface area contributed by atoms with Crippen LogP contribution in [0, 0.1) is 0 Å². The Labute approximate surface area is 102 Å². The van der Waals surface area contributed by atoms with Gasteiger partial charge in [0.1, 0.15) is 0 Å². The van der Waals surface area contributed by atoms with Crippen molar-refractivity contribution in [1.29, 1.82) is 0 Å². The Kier molecular flexibility index (Phi) is 6.35. The van der Waals surface area contributed by atoms with Gasteiger partial charge in [0.15, 0.2) is 11.6 Å². The number of ether oxygens (including phenoxy) is 2. The van der Waals surface area contributed by atoms with Crippen molar-refractivity contribution in [1.82, 2.24) is 4.98 Å². The van der Waals surface area contributed by atoms with Crippen LogP contribution in [0.2, 0.25) is 0 Å². The lowest BCUT2D eigenvalue weighted by Crippen LogP contribution is -2.33. The number of aromatic nitrogens is 1. The first-order chi connectivity index (χ1) is 8.31. The van der Waals surface area contributed by atoms with E-state index in [-0.39, 0.29) is 6.04 Å². The van der Waals surface area contributed by atoms with E-state index in [4.69, 9.17) is 15.2 Å². The molecule has 0 radical (unpaired) electrons. The minimum Gasteiger partial charge on any atom is -0.490 e. The third-order valence-corrected chi connectivity index (χ3v) is 2.23. The van der Waals surface area contributed by atoms with Crippen molar-refractivity contribution in [3.8, 4) is 5.75 Å². The van der Waals surface area contributed by atoms with Crippen molar-refractivity contribution in [3.05, 3.63) is 18.3 Å². The van der Waals surface area contributed by atoms with Gasteiger partial charge in [-0.1, -0.05) is 6.92 Å². The van der Waals surface area contributed by atoms with Crippen LogP contribution in [0.3, 0.4) is 0 Å². The quantitative estimate of drug-likeness (QED) is 0.714. The SMILES string of the molecule is CCCOc1cccnc1NC(CN)COC. The van der Waals surface area contributed by atoms with Crippen molar-refractivity contribution >= 4 is 5.82 Å². The van der Waals surface area contributed by atoms with Crippen LogP contribution in [0.4, 0.5) is 5.82 Å². The largest absolute Gasteiger partial charge is 0.490 e. The summed E-state index contributed by atoms with van der Waals surface area (Å²) < 4.78 is 10.7. The van der Waals surface area contributed by atoms with Gasteiger partial charge in [0.05, 0.1) is 19.3 Å². The molecule has 0 fully saturated rings. The van der Waals surface area contributed by atoms with Crippen LogP contribution in [0.1, 0.15) is 13.3 Å². The predicted molar refractivity (Wildman–Crippen MR) is 68.4 cm³/mol. The van der Waals surface area contributed by atoms with E-state index in [1.165, 1.54) is 0 Å². The Morgan fingerprint density at radius 2 is 2.35 bits per heavy atom. The molecule has 0 aliphatic carbocycles. The highest BCUT2D eigenvalue weighted by Gasteiger charge is 2.10. The molecule has 96 valence electrons. The molecule has 1 heterocycles. The molecule has 0 spiro atoms. The number of nitrogens with zero attached hydrogens (tertiary/aromatic N) is 1. The second kappa shape index (κ2) is 7.86. The van der Waals surface area contributed by atoms with Crippen LogP contribution < -0.4 is 15.8 Å². The average Bonchev–Trinajstić information content (AvgIpc) is 2.37. The van der Waals surface area contributed by atoms with Crippen LogP contribution in [-0.4, -0.2) is 37.9 Å². The van der Waals surface area contributed by atoms with E-state index in [1.54, 1.807) is 13.3 Å². The number of nitrogens with two attached hydrogens (primary N) is 1. The first-order valence-corrected chi connectivity index (χ1v) is 5.85. The van der Waals surface area contributed by atoms with E-state index in [0.29, 0.717) is 25.6 Å². The highest BCUT2D eigenvalue weighted by atomic mass is 16.5. The topological polar surface area (TPSA) is 69.4 Å². The fourth-order valence-electron chi connectivity index (χ4n) is 1.39. The maximum atomic E-state index is 5.65. The van der Waals surface area contributed by atoms with E-state index in [0.717, 1.165) is 12.2 Å². The van der Waals surface area contributed by atoms with Crippen molar-refractivity contribution in [2.75, 3.05) is 32.2 Å². The maximum Gasteiger partial charge on any atom is 0.169 e. The van der Waals surface area contributed by atoms with Crippen LogP contribution in [0.15, 0.2) is 18.3 Å². The summed E-state index contributed by atoms with van der Waals surface area (Å²) >= 11 is 0. The lowest BCUT2D eigenvalue weighted by Gasteiger charge is -2.18. The summed E-state index contributed by atoms with van der Waals surface area (Å²) in [4.78, 5) is 4.25. The monoisotopic (exact) mass is 239 g/mol. The molecule has 1 aromatic rings. The molecule has 0 aromatic carbocycles. The standard InChI is InChI=1S/C12H21N3O2/c1-3-7-17-11-5-4-6-14-12(11)15-10(8-13)9-16-2/h4-6,10H,3,7-9,13H2,1-2H3,(H,14,15). The van der Waals surface area contributed by atoms with E-state index >= 15 is 0 Å². The van der Waals surface area contributed by atoms with E-state index in [2.05, 4.69) is 17.2 Å². The smallest absolute Gasteiger partial charge is 0.169 e. The van der Waals surface area contributed by atoms with Gasteiger partial charge in [0.25, 0.3) is 0 Å². The number of nitrogens with one attached hydrogen (secondary N) is 1. The van der Waals surface area contributed by atoms with Crippen LogP contribution in [0.5, 0.6) is 5.75 Å². The number of pyridine rings is 1. The molecule has 0 aliphatic heterocycles. The maximum absolute atomic E-state index is 5.65. The van der Waals surface area contributed by atoms with Gasteiger partial charge in [-0.25, -0.2) is 4.98 Å². The summed E-state index contributed by atoms with van der Waals surface area (Å²) in [5.41, 5.74) is 5.65. The molecule has 1 atom stereocenters. The van der Waals surface area contributed by atoms with Gasteiger partial charge >= 0.3 is 0 Å². The normalized spacial score (nSPS) is 12.2. The Morgan fingerprint density at radius 1 is 1.53 bits per heavy atom. The first kappa shape index (κ1) is 13.7. The molecule has 0 aliphatic rings. The molecule has 1 aromatic heterocycles. The fourth-order valence-corrected chi connectivity index (χ4v) is 1.39. The van der Waals surface area contributed by atoms with Crippen molar-refractivity contribution < 1.29 is 9.47 Å². The summed E-state index contributed by atoms with van der Waals surface area (Å²) in [6.45, 7) is 3.77. The van der Waals surface area contributed by atoms with Crippen LogP contribution in [0.25, 0.3) is 0 Å². The summed E-state index contributed by atoms with van der Waals surface area (Å²) in [6, 6.07) is 3.79. The molecule has 0 bridgehead atoms. The van der Waals surface area contributed by atoms with E-state index < -0.39 is 0 Å². The number of anilines is 1. The molecule has 1 rings (SSSR count). The van der Waals surface area contributed by atoms with Gasteiger partial charge in [-0.3, -0.25) is 0 Å². The number of methoxy groups -OCH3 is 1. The zero-order chi connectivity index (χ0) is 12.5. The Morgan fingerprint density at radius 3 is 3.00 bits per heavy atom. The van der Waals surface area contributed by atoms with Gasteiger partial charge in [0.2, 0.25) is 0 Å². The fraction of sp³-hybridized carbons (Fsp3) is 0.583. The number of rotatable bonds is 8. The molecular weight excluding hydrogens is 218 g/mol. The van der Waals surface area contributed by atoms with Gasteiger partial charge in [-0.05, 0) is 18.6 Å². The second-order valence-corrected chi connectivity index (χ2v) is 3.73. The summed E-state index contributed by atoms with van der Waals surface area (Å²) in [7, 11) is 1.65. The zero-order valence-corrected chi connectivity index (χ0v) is 10.5. The molecule has 1 unspecified atom stereocenters.